The minimum atomic E-state index is -4.64. The van der Waals surface area contributed by atoms with Crippen LogP contribution in [0.15, 0.2) is 63.5 Å². The van der Waals surface area contributed by atoms with Gasteiger partial charge < -0.3 is 5.11 Å². The summed E-state index contributed by atoms with van der Waals surface area (Å²) >= 11 is 0. The van der Waals surface area contributed by atoms with Crippen molar-refractivity contribution in [1.82, 2.24) is 19.5 Å². The summed E-state index contributed by atoms with van der Waals surface area (Å²) in [5, 5.41) is 16.8. The number of aromatic nitrogens is 3. The minimum Gasteiger partial charge on any atom is -0.493 e. The smallest absolute Gasteiger partial charge is 0.416 e. The zero-order chi connectivity index (χ0) is 23.6. The molecule has 3 aromatic rings. The molecule has 172 valence electrons. The van der Waals surface area contributed by atoms with Crippen LogP contribution >= 0.6 is 0 Å². The van der Waals surface area contributed by atoms with Crippen LogP contribution in [0.25, 0.3) is 5.69 Å². The molecule has 0 saturated carbocycles. The molecule has 2 N–H and O–H groups in total. The van der Waals surface area contributed by atoms with Crippen molar-refractivity contribution in [3.63, 3.8) is 0 Å². The molecule has 0 spiro atoms. The first-order chi connectivity index (χ1) is 15.8. The fourth-order valence-electron chi connectivity index (χ4n) is 3.81. The average molecular weight is 459 g/mol. The number of aromatic amines is 1. The van der Waals surface area contributed by atoms with Crippen LogP contribution in [-0.2, 0) is 6.18 Å². The van der Waals surface area contributed by atoms with E-state index < -0.39 is 28.9 Å². The van der Waals surface area contributed by atoms with E-state index in [0.717, 1.165) is 43.2 Å². The molecule has 2 aromatic heterocycles. The number of halogens is 3. The Bertz CT molecular complexity index is 1280. The van der Waals surface area contributed by atoms with Gasteiger partial charge in [0.2, 0.25) is 5.88 Å². The zero-order valence-corrected chi connectivity index (χ0v) is 17.3. The number of hydrogen-bond acceptors (Lipinski definition) is 6. The molecule has 4 rings (SSSR count). The molecule has 1 fully saturated rings. The fourth-order valence-corrected chi connectivity index (χ4v) is 3.81. The van der Waals surface area contributed by atoms with Crippen LogP contribution in [0, 0.1) is 0 Å². The van der Waals surface area contributed by atoms with Crippen LogP contribution in [0.2, 0.25) is 0 Å². The third-order valence-corrected chi connectivity index (χ3v) is 5.43. The first kappa shape index (κ1) is 22.3. The monoisotopic (exact) mass is 459 g/mol. The topological polar surface area (TPSA) is 104 Å². The van der Waals surface area contributed by atoms with E-state index in [-0.39, 0.29) is 17.3 Å². The highest BCUT2D eigenvalue weighted by Crippen LogP contribution is 2.32. The predicted octanol–water partition coefficient (Wildman–Crippen LogP) is 3.21. The largest absolute Gasteiger partial charge is 0.493 e. The molecular weight excluding hydrogens is 439 g/mol. The summed E-state index contributed by atoms with van der Waals surface area (Å²) in [6.07, 6.45) is 2.54. The molecule has 3 heterocycles. The Morgan fingerprint density at radius 1 is 1.18 bits per heavy atom. The van der Waals surface area contributed by atoms with Crippen LogP contribution < -0.4 is 11.2 Å². The maximum absolute atomic E-state index is 13.1. The number of benzene rings is 1. The number of rotatable bonds is 4. The Morgan fingerprint density at radius 3 is 2.73 bits per heavy atom. The van der Waals surface area contributed by atoms with Gasteiger partial charge in [-0.15, -0.1) is 0 Å². The summed E-state index contributed by atoms with van der Waals surface area (Å²) in [6.45, 7) is 0.599. The second-order valence-electron chi connectivity index (χ2n) is 7.59. The Balaban J connectivity index is 1.73. The van der Waals surface area contributed by atoms with Gasteiger partial charge in [-0.3, -0.25) is 19.8 Å². The Kier molecular flexibility index (Phi) is 6.03. The van der Waals surface area contributed by atoms with E-state index in [2.05, 4.69) is 10.1 Å². The molecule has 1 unspecified atom stereocenters. The SMILES string of the molecule is O=c1[nH]c(=O)n(-c2cccc(C(F)(F)F)c2)c(O)c1C=NN1CCCCC1c1cccnc1. The van der Waals surface area contributed by atoms with Crippen molar-refractivity contribution < 1.29 is 18.3 Å². The van der Waals surface area contributed by atoms with Gasteiger partial charge in [0.15, 0.2) is 0 Å². The minimum absolute atomic E-state index is 0.0840. The van der Waals surface area contributed by atoms with E-state index >= 15 is 0 Å². The number of pyridine rings is 1. The number of piperidine rings is 1. The second kappa shape index (κ2) is 8.93. The van der Waals surface area contributed by atoms with Gasteiger partial charge >= 0.3 is 11.9 Å². The van der Waals surface area contributed by atoms with Gasteiger partial charge in [-0.25, -0.2) is 9.36 Å². The molecule has 1 saturated heterocycles. The van der Waals surface area contributed by atoms with Crippen LogP contribution in [0.3, 0.4) is 0 Å². The van der Waals surface area contributed by atoms with Crippen LogP contribution in [0.1, 0.15) is 42.0 Å². The van der Waals surface area contributed by atoms with Gasteiger partial charge in [-0.2, -0.15) is 18.3 Å². The third kappa shape index (κ3) is 4.66. The molecule has 33 heavy (non-hydrogen) atoms. The summed E-state index contributed by atoms with van der Waals surface area (Å²) in [4.78, 5) is 30.8. The van der Waals surface area contributed by atoms with Gasteiger partial charge in [0, 0.05) is 18.9 Å². The second-order valence-corrected chi connectivity index (χ2v) is 7.59. The van der Waals surface area contributed by atoms with E-state index in [1.807, 2.05) is 17.1 Å². The lowest BCUT2D eigenvalue weighted by Crippen LogP contribution is -2.32. The summed E-state index contributed by atoms with van der Waals surface area (Å²) in [5.74, 6) is -0.804. The molecule has 1 aromatic carbocycles. The fraction of sp³-hybridized carbons (Fsp3) is 0.273. The van der Waals surface area contributed by atoms with Crippen LogP contribution in [-0.4, -0.2) is 37.4 Å². The van der Waals surface area contributed by atoms with E-state index in [1.165, 1.54) is 6.07 Å². The Morgan fingerprint density at radius 2 is 2.00 bits per heavy atom. The van der Waals surface area contributed by atoms with Gasteiger partial charge in [0.1, 0.15) is 5.56 Å². The molecule has 1 aliphatic rings. The van der Waals surface area contributed by atoms with Crippen molar-refractivity contribution in [1.29, 1.82) is 0 Å². The van der Waals surface area contributed by atoms with Crippen molar-refractivity contribution in [2.75, 3.05) is 6.54 Å². The third-order valence-electron chi connectivity index (χ3n) is 5.43. The number of hydrazone groups is 1. The number of nitrogens with one attached hydrogen (secondary N) is 1. The number of hydrogen-bond donors (Lipinski definition) is 2. The molecule has 0 aliphatic carbocycles. The summed E-state index contributed by atoms with van der Waals surface area (Å²) in [7, 11) is 0. The van der Waals surface area contributed by atoms with Crippen molar-refractivity contribution in [2.45, 2.75) is 31.5 Å². The summed E-state index contributed by atoms with van der Waals surface area (Å²) in [6, 6.07) is 7.53. The lowest BCUT2D eigenvalue weighted by molar-refractivity contribution is -0.137. The quantitative estimate of drug-likeness (QED) is 0.584. The first-order valence-corrected chi connectivity index (χ1v) is 10.2. The zero-order valence-electron chi connectivity index (χ0n) is 17.3. The molecule has 0 amide bonds. The number of nitrogens with zero attached hydrogens (tertiary/aromatic N) is 4. The Labute approximate surface area is 185 Å². The standard InChI is InChI=1S/C22H20F3N5O3/c23-22(24,25)15-6-3-7-16(11-15)30-20(32)17(19(31)28-21(30)33)13-27-29-10-2-1-8-18(29)14-5-4-9-26-12-14/h3-7,9,11-13,18,32H,1-2,8,10H2,(H,28,31,33). The van der Waals surface area contributed by atoms with Gasteiger partial charge in [0.25, 0.3) is 5.56 Å². The first-order valence-electron chi connectivity index (χ1n) is 10.2. The lowest BCUT2D eigenvalue weighted by atomic mass is 9.98. The average Bonchev–Trinajstić information content (AvgIpc) is 2.79. The Hall–Kier alpha value is -3.89. The van der Waals surface area contributed by atoms with Crippen molar-refractivity contribution >= 4 is 6.21 Å². The predicted molar refractivity (Wildman–Crippen MR) is 114 cm³/mol. The summed E-state index contributed by atoms with van der Waals surface area (Å²) in [5.41, 5.74) is -2.62. The van der Waals surface area contributed by atoms with E-state index in [4.69, 9.17) is 0 Å². The molecule has 0 bridgehead atoms. The molecule has 0 radical (unpaired) electrons. The molecule has 1 atom stereocenters. The maximum Gasteiger partial charge on any atom is 0.416 e. The van der Waals surface area contributed by atoms with Gasteiger partial charge in [-0.1, -0.05) is 12.1 Å². The maximum atomic E-state index is 13.1. The highest BCUT2D eigenvalue weighted by Gasteiger charge is 2.31. The number of aromatic hydroxyl groups is 1. The van der Waals surface area contributed by atoms with E-state index in [9.17, 15) is 27.9 Å². The van der Waals surface area contributed by atoms with Gasteiger partial charge in [0.05, 0.1) is 23.5 Å². The molecular formula is C22H20F3N5O3. The normalized spacial score (nSPS) is 16.9. The summed E-state index contributed by atoms with van der Waals surface area (Å²) < 4.78 is 39.9. The van der Waals surface area contributed by atoms with Crippen LogP contribution in [0.4, 0.5) is 13.2 Å². The molecule has 11 heteroatoms. The number of alkyl halides is 3. The van der Waals surface area contributed by atoms with Crippen molar-refractivity contribution in [2.24, 2.45) is 5.10 Å². The lowest BCUT2D eigenvalue weighted by Gasteiger charge is -2.33. The van der Waals surface area contributed by atoms with Crippen LogP contribution in [0.5, 0.6) is 5.88 Å². The number of H-pyrrole nitrogens is 1. The van der Waals surface area contributed by atoms with Crippen molar-refractivity contribution in [3.8, 4) is 11.6 Å². The van der Waals surface area contributed by atoms with E-state index in [0.29, 0.717) is 17.2 Å². The molecule has 1 aliphatic heterocycles. The van der Waals surface area contributed by atoms with E-state index in [1.54, 1.807) is 17.4 Å². The highest BCUT2D eigenvalue weighted by atomic mass is 19.4. The molecule has 8 nitrogen and oxygen atoms in total. The van der Waals surface area contributed by atoms with Gasteiger partial charge in [-0.05, 0) is 49.1 Å². The highest BCUT2D eigenvalue weighted by molar-refractivity contribution is 5.82. The van der Waals surface area contributed by atoms with Crippen molar-refractivity contribution in [3.05, 3.63) is 86.3 Å².